The molecule has 21 heavy (non-hydrogen) atoms. The van der Waals surface area contributed by atoms with E-state index in [1.54, 1.807) is 6.33 Å². The number of imidazole rings is 1. The molecule has 6 heteroatoms. The molecule has 1 saturated heterocycles. The predicted octanol–water partition coefficient (Wildman–Crippen LogP) is 2.02. The van der Waals surface area contributed by atoms with Crippen LogP contribution in [0, 0.1) is 6.92 Å². The topological polar surface area (TPSA) is 77.7 Å². The Bertz CT molecular complexity index is 630. The van der Waals surface area contributed by atoms with E-state index < -0.39 is 0 Å². The first-order valence-electron chi connectivity index (χ1n) is 7.52. The molecule has 1 fully saturated rings. The zero-order valence-electron chi connectivity index (χ0n) is 12.5. The van der Waals surface area contributed by atoms with Gasteiger partial charge in [0.2, 0.25) is 0 Å². The van der Waals surface area contributed by atoms with Crippen LogP contribution in [0.5, 0.6) is 0 Å². The normalized spacial score (nSPS) is 19.0. The van der Waals surface area contributed by atoms with Gasteiger partial charge < -0.3 is 9.88 Å². The molecule has 2 aromatic rings. The minimum Gasteiger partial charge on any atom is -0.348 e. The third-order valence-electron chi connectivity index (χ3n) is 4.28. The summed E-state index contributed by atoms with van der Waals surface area (Å²) in [5, 5.41) is 7.28. The number of nitrogens with zero attached hydrogens (tertiary/aromatic N) is 3. The molecule has 2 N–H and O–H groups in total. The van der Waals surface area contributed by atoms with Crippen LogP contribution in [0.2, 0.25) is 0 Å². The van der Waals surface area contributed by atoms with E-state index in [1.807, 2.05) is 18.0 Å². The monoisotopic (exact) mass is 287 g/mol. The molecule has 3 rings (SSSR count). The van der Waals surface area contributed by atoms with Crippen molar-refractivity contribution in [3.63, 3.8) is 0 Å². The molecular formula is C15H21N5O. The third kappa shape index (κ3) is 2.57. The molecule has 1 atom stereocenters. The van der Waals surface area contributed by atoms with E-state index >= 15 is 0 Å². The zero-order valence-corrected chi connectivity index (χ0v) is 12.5. The fraction of sp³-hybridized carbons (Fsp3) is 0.533. The molecule has 2 aromatic heterocycles. The summed E-state index contributed by atoms with van der Waals surface area (Å²) < 4.78 is 0. The number of carbonyl (C=O) groups excluding carboxylic acids is 1. The van der Waals surface area contributed by atoms with Gasteiger partial charge in [0.1, 0.15) is 5.69 Å². The van der Waals surface area contributed by atoms with E-state index in [9.17, 15) is 4.79 Å². The number of hydrogen-bond donors (Lipinski definition) is 2. The maximum Gasteiger partial charge on any atom is 0.274 e. The maximum atomic E-state index is 12.6. The lowest BCUT2D eigenvalue weighted by atomic mass is 9.92. The zero-order chi connectivity index (χ0) is 14.8. The van der Waals surface area contributed by atoms with Crippen LogP contribution in [0.25, 0.3) is 0 Å². The van der Waals surface area contributed by atoms with Crippen molar-refractivity contribution in [2.75, 3.05) is 13.1 Å². The lowest BCUT2D eigenvalue weighted by Gasteiger charge is -2.32. The second-order valence-corrected chi connectivity index (χ2v) is 5.63. The summed E-state index contributed by atoms with van der Waals surface area (Å²) in [7, 11) is 0. The first-order chi connectivity index (χ1) is 10.2. The molecule has 0 saturated carbocycles. The van der Waals surface area contributed by atoms with Crippen molar-refractivity contribution < 1.29 is 4.79 Å². The summed E-state index contributed by atoms with van der Waals surface area (Å²) in [6, 6.07) is 0. The molecule has 0 aromatic carbocycles. The molecular weight excluding hydrogens is 266 g/mol. The molecule has 0 radical (unpaired) electrons. The Morgan fingerprint density at radius 1 is 1.52 bits per heavy atom. The van der Waals surface area contributed by atoms with E-state index in [0.717, 1.165) is 38.0 Å². The molecule has 112 valence electrons. The van der Waals surface area contributed by atoms with Gasteiger partial charge in [-0.3, -0.25) is 9.89 Å². The molecule has 0 aliphatic carbocycles. The van der Waals surface area contributed by atoms with Gasteiger partial charge in [0, 0.05) is 30.4 Å². The highest BCUT2D eigenvalue weighted by Gasteiger charge is 2.28. The Labute approximate surface area is 124 Å². The van der Waals surface area contributed by atoms with Crippen molar-refractivity contribution in [2.45, 2.75) is 39.0 Å². The number of rotatable bonds is 3. The van der Waals surface area contributed by atoms with Crippen molar-refractivity contribution in [1.82, 2.24) is 25.1 Å². The van der Waals surface area contributed by atoms with Crippen LogP contribution in [0.15, 0.2) is 12.5 Å². The van der Waals surface area contributed by atoms with Crippen LogP contribution in [-0.4, -0.2) is 44.1 Å². The molecule has 1 aliphatic rings. The molecule has 0 unspecified atom stereocenters. The average molecular weight is 287 g/mol. The number of aromatic nitrogens is 4. The van der Waals surface area contributed by atoms with E-state index in [2.05, 4.69) is 27.1 Å². The number of amides is 1. The lowest BCUT2D eigenvalue weighted by Crippen LogP contribution is -2.39. The summed E-state index contributed by atoms with van der Waals surface area (Å²) in [5.74, 6) is 0.371. The summed E-state index contributed by atoms with van der Waals surface area (Å²) in [6.07, 6.45) is 6.55. The number of aromatic amines is 2. The van der Waals surface area contributed by atoms with Gasteiger partial charge in [-0.05, 0) is 31.7 Å². The molecule has 1 amide bonds. The van der Waals surface area contributed by atoms with Gasteiger partial charge in [0.15, 0.2) is 0 Å². The highest BCUT2D eigenvalue weighted by atomic mass is 16.2. The van der Waals surface area contributed by atoms with E-state index in [-0.39, 0.29) is 5.91 Å². The fourth-order valence-electron chi connectivity index (χ4n) is 3.08. The van der Waals surface area contributed by atoms with Crippen molar-refractivity contribution >= 4 is 5.91 Å². The molecule has 3 heterocycles. The standard InChI is InChI=1S/C15H21N5O/c1-3-11-7-18-19-14(11)12-5-4-6-20(8-12)15(21)13-10(2)16-9-17-13/h7,9,12H,3-6,8H2,1-2H3,(H,16,17)(H,18,19)/t12-/m1/s1. The maximum absolute atomic E-state index is 12.6. The van der Waals surface area contributed by atoms with Crippen LogP contribution in [0.4, 0.5) is 0 Å². The van der Waals surface area contributed by atoms with Gasteiger partial charge in [0.05, 0.1) is 12.5 Å². The van der Waals surface area contributed by atoms with Crippen LogP contribution in [0.3, 0.4) is 0 Å². The molecule has 1 aliphatic heterocycles. The number of aryl methyl sites for hydroxylation is 2. The number of nitrogens with one attached hydrogen (secondary N) is 2. The summed E-state index contributed by atoms with van der Waals surface area (Å²) in [5.41, 5.74) is 3.81. The van der Waals surface area contributed by atoms with Gasteiger partial charge in [-0.1, -0.05) is 6.92 Å². The molecule has 0 spiro atoms. The summed E-state index contributed by atoms with van der Waals surface area (Å²) in [4.78, 5) is 21.6. The van der Waals surface area contributed by atoms with Crippen LogP contribution in [-0.2, 0) is 6.42 Å². The van der Waals surface area contributed by atoms with Crippen molar-refractivity contribution in [1.29, 1.82) is 0 Å². The average Bonchev–Trinajstić information content (AvgIpc) is 3.15. The second-order valence-electron chi connectivity index (χ2n) is 5.63. The SMILES string of the molecule is CCc1cn[nH]c1[C@@H]1CCCN(C(=O)c2nc[nH]c2C)C1. The second kappa shape index (κ2) is 5.71. The lowest BCUT2D eigenvalue weighted by molar-refractivity contribution is 0.0699. The number of piperidine rings is 1. The van der Waals surface area contributed by atoms with E-state index in [0.29, 0.717) is 11.6 Å². The van der Waals surface area contributed by atoms with Crippen LogP contribution in [0.1, 0.15) is 53.1 Å². The predicted molar refractivity (Wildman–Crippen MR) is 79.2 cm³/mol. The van der Waals surface area contributed by atoms with Crippen molar-refractivity contribution in [2.24, 2.45) is 0 Å². The Balaban J connectivity index is 1.77. The Kier molecular flexibility index (Phi) is 3.77. The van der Waals surface area contributed by atoms with Gasteiger partial charge >= 0.3 is 0 Å². The van der Waals surface area contributed by atoms with Crippen molar-refractivity contribution in [3.8, 4) is 0 Å². The molecule has 6 nitrogen and oxygen atoms in total. The largest absolute Gasteiger partial charge is 0.348 e. The van der Waals surface area contributed by atoms with Gasteiger partial charge in [0.25, 0.3) is 5.91 Å². The minimum absolute atomic E-state index is 0.0241. The number of likely N-dealkylation sites (tertiary alicyclic amines) is 1. The Hall–Kier alpha value is -2.11. The Morgan fingerprint density at radius 2 is 2.38 bits per heavy atom. The first kappa shape index (κ1) is 13.9. The fourth-order valence-corrected chi connectivity index (χ4v) is 3.08. The quantitative estimate of drug-likeness (QED) is 0.906. The van der Waals surface area contributed by atoms with Crippen LogP contribution >= 0.6 is 0 Å². The van der Waals surface area contributed by atoms with Gasteiger partial charge in [-0.2, -0.15) is 5.10 Å². The van der Waals surface area contributed by atoms with E-state index in [4.69, 9.17) is 0 Å². The summed E-state index contributed by atoms with van der Waals surface area (Å²) >= 11 is 0. The number of carbonyl (C=O) groups is 1. The minimum atomic E-state index is 0.0241. The number of hydrogen-bond acceptors (Lipinski definition) is 3. The van der Waals surface area contributed by atoms with E-state index in [1.165, 1.54) is 11.3 Å². The third-order valence-corrected chi connectivity index (χ3v) is 4.28. The first-order valence-corrected chi connectivity index (χ1v) is 7.52. The van der Waals surface area contributed by atoms with Crippen LogP contribution < -0.4 is 0 Å². The van der Waals surface area contributed by atoms with Crippen molar-refractivity contribution in [3.05, 3.63) is 35.2 Å². The smallest absolute Gasteiger partial charge is 0.274 e. The summed E-state index contributed by atoms with van der Waals surface area (Å²) in [6.45, 7) is 5.55. The van der Waals surface area contributed by atoms with Gasteiger partial charge in [-0.25, -0.2) is 4.98 Å². The Morgan fingerprint density at radius 3 is 3.10 bits per heavy atom. The van der Waals surface area contributed by atoms with Gasteiger partial charge in [-0.15, -0.1) is 0 Å². The highest BCUT2D eigenvalue weighted by Crippen LogP contribution is 2.28. The highest BCUT2D eigenvalue weighted by molar-refractivity contribution is 5.93. The molecule has 0 bridgehead atoms. The number of H-pyrrole nitrogens is 2.